The molecule has 0 radical (unpaired) electrons. The van der Waals surface area contributed by atoms with E-state index in [1.165, 1.54) is 25.1 Å². The van der Waals surface area contributed by atoms with Crippen molar-refractivity contribution in [2.45, 2.75) is 13.8 Å². The predicted octanol–water partition coefficient (Wildman–Crippen LogP) is 3.24. The third-order valence-electron chi connectivity index (χ3n) is 3.65. The van der Waals surface area contributed by atoms with Crippen LogP contribution in [-0.4, -0.2) is 28.3 Å². The van der Waals surface area contributed by atoms with Crippen LogP contribution in [0, 0.1) is 27.2 Å². The highest BCUT2D eigenvalue weighted by molar-refractivity contribution is 6.06. The SMILES string of the molecule is CCOC(=O)c1cc(C(=O)Nc2cccc([N+](=O)[O-])c2C)cc([N+](=O)[O-])c1. The molecule has 0 aromatic heterocycles. The zero-order valence-corrected chi connectivity index (χ0v) is 14.4. The Labute approximate surface area is 153 Å². The van der Waals surface area contributed by atoms with Gasteiger partial charge in [-0.3, -0.25) is 25.0 Å². The lowest BCUT2D eigenvalue weighted by molar-refractivity contribution is -0.385. The van der Waals surface area contributed by atoms with Crippen molar-refractivity contribution in [3.05, 3.63) is 73.3 Å². The molecule has 0 atom stereocenters. The van der Waals surface area contributed by atoms with Crippen LogP contribution >= 0.6 is 0 Å². The number of carbonyl (C=O) groups is 2. The summed E-state index contributed by atoms with van der Waals surface area (Å²) in [7, 11) is 0. The fraction of sp³-hybridized carbons (Fsp3) is 0.176. The Morgan fingerprint density at radius 1 is 1.07 bits per heavy atom. The van der Waals surface area contributed by atoms with Gasteiger partial charge in [-0.2, -0.15) is 0 Å². The minimum Gasteiger partial charge on any atom is -0.462 e. The standard InChI is InChI=1S/C17H15N3O7/c1-3-27-17(22)12-7-11(8-13(9-12)19(23)24)16(21)18-14-5-4-6-15(10(14)2)20(25)26/h4-9H,3H2,1-2H3,(H,18,21). The second-order valence-corrected chi connectivity index (χ2v) is 5.41. The van der Waals surface area contributed by atoms with E-state index in [0.29, 0.717) is 0 Å². The van der Waals surface area contributed by atoms with E-state index in [-0.39, 0.29) is 34.7 Å². The van der Waals surface area contributed by atoms with E-state index in [0.717, 1.165) is 18.2 Å². The van der Waals surface area contributed by atoms with Gasteiger partial charge in [0.05, 0.1) is 33.3 Å². The second kappa shape index (κ2) is 8.04. The number of anilines is 1. The molecule has 0 bridgehead atoms. The number of nitro benzene ring substituents is 2. The van der Waals surface area contributed by atoms with Crippen molar-refractivity contribution in [3.8, 4) is 0 Å². The van der Waals surface area contributed by atoms with Crippen LogP contribution in [0.15, 0.2) is 36.4 Å². The number of nitrogens with zero attached hydrogens (tertiary/aromatic N) is 2. The average molecular weight is 373 g/mol. The Morgan fingerprint density at radius 3 is 2.33 bits per heavy atom. The van der Waals surface area contributed by atoms with Crippen molar-refractivity contribution in [3.63, 3.8) is 0 Å². The number of hydrogen-bond donors (Lipinski definition) is 1. The second-order valence-electron chi connectivity index (χ2n) is 5.41. The van der Waals surface area contributed by atoms with Crippen LogP contribution in [0.2, 0.25) is 0 Å². The first kappa shape index (κ1) is 19.5. The largest absolute Gasteiger partial charge is 0.462 e. The molecular formula is C17H15N3O7. The summed E-state index contributed by atoms with van der Waals surface area (Å²) in [6.45, 7) is 3.11. The molecule has 0 aliphatic carbocycles. The fourth-order valence-corrected chi connectivity index (χ4v) is 2.33. The highest BCUT2D eigenvalue weighted by Gasteiger charge is 2.20. The molecule has 0 fully saturated rings. The van der Waals surface area contributed by atoms with Gasteiger partial charge in [-0.15, -0.1) is 0 Å². The summed E-state index contributed by atoms with van der Waals surface area (Å²) in [4.78, 5) is 45.1. The molecule has 140 valence electrons. The van der Waals surface area contributed by atoms with E-state index in [2.05, 4.69) is 5.32 Å². The lowest BCUT2D eigenvalue weighted by Crippen LogP contribution is -2.15. The number of esters is 1. The zero-order valence-electron chi connectivity index (χ0n) is 14.4. The summed E-state index contributed by atoms with van der Waals surface area (Å²) < 4.78 is 4.81. The van der Waals surface area contributed by atoms with Crippen LogP contribution in [0.25, 0.3) is 0 Å². The maximum Gasteiger partial charge on any atom is 0.338 e. The average Bonchev–Trinajstić information content (AvgIpc) is 2.62. The molecule has 0 spiro atoms. The molecular weight excluding hydrogens is 358 g/mol. The van der Waals surface area contributed by atoms with E-state index < -0.39 is 27.4 Å². The first-order chi connectivity index (χ1) is 12.7. The summed E-state index contributed by atoms with van der Waals surface area (Å²) in [6.07, 6.45) is 0. The van der Waals surface area contributed by atoms with E-state index in [4.69, 9.17) is 4.74 Å². The van der Waals surface area contributed by atoms with Crippen LogP contribution in [0.4, 0.5) is 17.1 Å². The molecule has 0 saturated carbocycles. The Hall–Kier alpha value is -3.82. The zero-order chi connectivity index (χ0) is 20.1. The molecule has 1 N–H and O–H groups in total. The van der Waals surface area contributed by atoms with E-state index in [1.807, 2.05) is 0 Å². The van der Waals surface area contributed by atoms with Crippen LogP contribution in [0.3, 0.4) is 0 Å². The Kier molecular flexibility index (Phi) is 5.81. The molecule has 2 aromatic carbocycles. The molecule has 2 rings (SSSR count). The predicted molar refractivity (Wildman–Crippen MR) is 94.8 cm³/mol. The van der Waals surface area contributed by atoms with Crippen LogP contribution in [-0.2, 0) is 4.74 Å². The summed E-state index contributed by atoms with van der Waals surface area (Å²) >= 11 is 0. The summed E-state index contributed by atoms with van der Waals surface area (Å²) in [6, 6.07) is 7.32. The maximum absolute atomic E-state index is 12.5. The normalized spacial score (nSPS) is 10.1. The van der Waals surface area contributed by atoms with E-state index in [1.54, 1.807) is 6.92 Å². The highest BCUT2D eigenvalue weighted by atomic mass is 16.6. The van der Waals surface area contributed by atoms with Crippen molar-refractivity contribution < 1.29 is 24.2 Å². The number of rotatable bonds is 6. The van der Waals surface area contributed by atoms with Gasteiger partial charge in [-0.05, 0) is 26.0 Å². The summed E-state index contributed by atoms with van der Waals surface area (Å²) in [5.41, 5.74) is -0.532. The molecule has 0 saturated heterocycles. The van der Waals surface area contributed by atoms with Gasteiger partial charge < -0.3 is 10.1 Å². The van der Waals surface area contributed by atoms with Gasteiger partial charge in [0.15, 0.2) is 0 Å². The van der Waals surface area contributed by atoms with E-state index in [9.17, 15) is 29.8 Å². The topological polar surface area (TPSA) is 142 Å². The molecule has 0 unspecified atom stereocenters. The third kappa shape index (κ3) is 4.42. The smallest absolute Gasteiger partial charge is 0.338 e. The third-order valence-corrected chi connectivity index (χ3v) is 3.65. The number of carbonyl (C=O) groups excluding carboxylic acids is 2. The quantitative estimate of drug-likeness (QED) is 0.465. The van der Waals surface area contributed by atoms with Gasteiger partial charge in [0.2, 0.25) is 0 Å². The van der Waals surface area contributed by atoms with Crippen LogP contribution < -0.4 is 5.32 Å². The summed E-state index contributed by atoms with van der Waals surface area (Å²) in [5, 5.41) is 24.6. The van der Waals surface area contributed by atoms with E-state index >= 15 is 0 Å². The molecule has 0 aliphatic heterocycles. The number of nitro groups is 2. The first-order valence-electron chi connectivity index (χ1n) is 7.76. The summed E-state index contributed by atoms with van der Waals surface area (Å²) in [5.74, 6) is -1.56. The minimum atomic E-state index is -0.804. The number of benzene rings is 2. The molecule has 10 nitrogen and oxygen atoms in total. The molecule has 0 aliphatic rings. The van der Waals surface area contributed by atoms with Crippen LogP contribution in [0.1, 0.15) is 33.2 Å². The van der Waals surface area contributed by atoms with Crippen molar-refractivity contribution in [2.24, 2.45) is 0 Å². The molecule has 27 heavy (non-hydrogen) atoms. The number of nitrogens with one attached hydrogen (secondary N) is 1. The van der Waals surface area contributed by atoms with Gasteiger partial charge in [-0.1, -0.05) is 6.07 Å². The van der Waals surface area contributed by atoms with Crippen LogP contribution in [0.5, 0.6) is 0 Å². The molecule has 10 heteroatoms. The Bertz CT molecular complexity index is 940. The van der Waals surface area contributed by atoms with Crippen molar-refractivity contribution in [2.75, 3.05) is 11.9 Å². The fourth-order valence-electron chi connectivity index (χ4n) is 2.33. The number of non-ortho nitro benzene ring substituents is 1. The Morgan fingerprint density at radius 2 is 1.74 bits per heavy atom. The van der Waals surface area contributed by atoms with Gasteiger partial charge in [0, 0.05) is 23.8 Å². The number of ether oxygens (including phenoxy) is 1. The van der Waals surface area contributed by atoms with Crippen molar-refractivity contribution >= 4 is 28.9 Å². The molecule has 2 aromatic rings. The Balaban J connectivity index is 2.41. The van der Waals surface area contributed by atoms with Gasteiger partial charge in [-0.25, -0.2) is 4.79 Å². The van der Waals surface area contributed by atoms with Crippen molar-refractivity contribution in [1.29, 1.82) is 0 Å². The minimum absolute atomic E-state index is 0.0654. The first-order valence-corrected chi connectivity index (χ1v) is 7.76. The monoisotopic (exact) mass is 373 g/mol. The lowest BCUT2D eigenvalue weighted by Gasteiger charge is -2.10. The lowest BCUT2D eigenvalue weighted by atomic mass is 10.1. The number of amides is 1. The van der Waals surface area contributed by atoms with Gasteiger partial charge >= 0.3 is 5.97 Å². The van der Waals surface area contributed by atoms with Gasteiger partial charge in [0.25, 0.3) is 17.3 Å². The van der Waals surface area contributed by atoms with Gasteiger partial charge in [0.1, 0.15) is 0 Å². The molecule has 0 heterocycles. The van der Waals surface area contributed by atoms with Crippen molar-refractivity contribution in [1.82, 2.24) is 0 Å². The number of hydrogen-bond acceptors (Lipinski definition) is 7. The molecule has 1 amide bonds. The maximum atomic E-state index is 12.5. The highest BCUT2D eigenvalue weighted by Crippen LogP contribution is 2.26.